The number of hydrogen-bond donors (Lipinski definition) is 3. The molecule has 4 N–H and O–H groups in total. The van der Waals surface area contributed by atoms with E-state index in [2.05, 4.69) is 26.5 Å². The Morgan fingerprint density at radius 1 is 1.32 bits per heavy atom. The van der Waals surface area contributed by atoms with Crippen molar-refractivity contribution in [1.29, 1.82) is 5.41 Å². The van der Waals surface area contributed by atoms with Crippen LogP contribution in [0.3, 0.4) is 0 Å². The Balaban J connectivity index is 3.26. The number of guanidine groups is 1. The molecule has 7 nitrogen and oxygen atoms in total. The number of nitrogens with one attached hydrogen (secondary N) is 2. The highest BCUT2D eigenvalue weighted by molar-refractivity contribution is 9.10. The molecule has 1 rings (SSSR count). The number of hydrazone groups is 1. The van der Waals surface area contributed by atoms with E-state index in [1.165, 1.54) is 27.5 Å². The third kappa shape index (κ3) is 3.50. The maximum atomic E-state index is 7.01. The van der Waals surface area contributed by atoms with Crippen LogP contribution in [0.4, 0.5) is 0 Å². The maximum Gasteiger partial charge on any atom is 0.206 e. The summed E-state index contributed by atoms with van der Waals surface area (Å²) in [4.78, 5) is 0. The van der Waals surface area contributed by atoms with E-state index in [9.17, 15) is 0 Å². The SMILES string of the molecule is COc1cc(/C=N/NC(=N)N)c(Br)c(OC)c1OC. The molecule has 1 aromatic carbocycles. The van der Waals surface area contributed by atoms with Gasteiger partial charge in [-0.15, -0.1) is 0 Å². The minimum Gasteiger partial charge on any atom is -0.493 e. The van der Waals surface area contributed by atoms with Crippen LogP contribution in [0.1, 0.15) is 5.56 Å². The van der Waals surface area contributed by atoms with Crippen molar-refractivity contribution in [3.8, 4) is 17.2 Å². The zero-order chi connectivity index (χ0) is 14.4. The third-order valence-corrected chi connectivity index (χ3v) is 3.00. The van der Waals surface area contributed by atoms with Gasteiger partial charge < -0.3 is 19.9 Å². The van der Waals surface area contributed by atoms with Crippen LogP contribution in [0.2, 0.25) is 0 Å². The minimum atomic E-state index is -0.250. The first-order chi connectivity index (χ1) is 9.04. The topological polar surface area (TPSA) is 102 Å². The van der Waals surface area contributed by atoms with Crippen LogP contribution >= 0.6 is 15.9 Å². The predicted octanol–water partition coefficient (Wildman–Crippen LogP) is 1.29. The largest absolute Gasteiger partial charge is 0.493 e. The van der Waals surface area contributed by atoms with Crippen molar-refractivity contribution < 1.29 is 14.2 Å². The first kappa shape index (κ1) is 15.1. The number of rotatable bonds is 5. The van der Waals surface area contributed by atoms with Crippen LogP contribution < -0.4 is 25.4 Å². The van der Waals surface area contributed by atoms with Gasteiger partial charge in [-0.1, -0.05) is 0 Å². The summed E-state index contributed by atoms with van der Waals surface area (Å²) >= 11 is 3.40. The van der Waals surface area contributed by atoms with Gasteiger partial charge in [0.25, 0.3) is 0 Å². The molecule has 0 radical (unpaired) electrons. The second-order valence-electron chi connectivity index (χ2n) is 3.33. The highest BCUT2D eigenvalue weighted by Gasteiger charge is 2.18. The van der Waals surface area contributed by atoms with Crippen LogP contribution in [-0.2, 0) is 0 Å². The number of hydrogen-bond acceptors (Lipinski definition) is 5. The van der Waals surface area contributed by atoms with E-state index in [1.807, 2.05) is 0 Å². The molecule has 0 fully saturated rings. The van der Waals surface area contributed by atoms with Crippen molar-refractivity contribution in [1.82, 2.24) is 5.43 Å². The van der Waals surface area contributed by atoms with Crippen molar-refractivity contribution in [2.24, 2.45) is 10.8 Å². The fourth-order valence-corrected chi connectivity index (χ4v) is 1.96. The summed E-state index contributed by atoms with van der Waals surface area (Å²) in [5.74, 6) is 1.23. The zero-order valence-corrected chi connectivity index (χ0v) is 12.4. The van der Waals surface area contributed by atoms with E-state index in [1.54, 1.807) is 6.07 Å². The molecule has 19 heavy (non-hydrogen) atoms. The summed E-state index contributed by atoms with van der Waals surface area (Å²) < 4.78 is 16.4. The normalized spacial score (nSPS) is 10.3. The molecule has 0 unspecified atom stereocenters. The van der Waals surface area contributed by atoms with Gasteiger partial charge in [0.05, 0.1) is 32.0 Å². The number of nitrogens with two attached hydrogens (primary N) is 1. The van der Waals surface area contributed by atoms with Gasteiger partial charge in [-0.25, -0.2) is 5.43 Å². The fourth-order valence-electron chi connectivity index (χ4n) is 1.41. The minimum absolute atomic E-state index is 0.250. The van der Waals surface area contributed by atoms with Crippen molar-refractivity contribution >= 4 is 28.1 Å². The Hall–Kier alpha value is -1.96. The first-order valence-corrected chi connectivity index (χ1v) is 5.96. The summed E-state index contributed by atoms with van der Waals surface area (Å²) in [5, 5.41) is 10.8. The summed E-state index contributed by atoms with van der Waals surface area (Å²) in [6.45, 7) is 0. The van der Waals surface area contributed by atoms with E-state index >= 15 is 0 Å². The molecule has 0 saturated heterocycles. The fraction of sp³-hybridized carbons (Fsp3) is 0.273. The number of nitrogens with zero attached hydrogens (tertiary/aromatic N) is 1. The monoisotopic (exact) mass is 330 g/mol. The summed E-state index contributed by atoms with van der Waals surface area (Å²) in [7, 11) is 4.58. The summed E-state index contributed by atoms with van der Waals surface area (Å²) in [6, 6.07) is 1.72. The van der Waals surface area contributed by atoms with Crippen molar-refractivity contribution in [3.63, 3.8) is 0 Å². The summed E-state index contributed by atoms with van der Waals surface area (Å²) in [5.41, 5.74) is 8.13. The average molecular weight is 331 g/mol. The molecule has 0 aromatic heterocycles. The molecule has 0 aliphatic heterocycles. The molecule has 8 heteroatoms. The van der Waals surface area contributed by atoms with Crippen LogP contribution in [0.5, 0.6) is 17.2 Å². The molecular weight excluding hydrogens is 316 g/mol. The third-order valence-electron chi connectivity index (χ3n) is 2.19. The lowest BCUT2D eigenvalue weighted by Gasteiger charge is -2.15. The van der Waals surface area contributed by atoms with Gasteiger partial charge in [0, 0.05) is 5.56 Å². The number of ether oxygens (including phenoxy) is 3. The van der Waals surface area contributed by atoms with E-state index < -0.39 is 0 Å². The molecule has 0 saturated carbocycles. The molecule has 0 aliphatic rings. The Morgan fingerprint density at radius 3 is 2.42 bits per heavy atom. The molecule has 0 heterocycles. The van der Waals surface area contributed by atoms with Crippen molar-refractivity contribution in [3.05, 3.63) is 16.1 Å². The maximum absolute atomic E-state index is 7.01. The van der Waals surface area contributed by atoms with Crippen LogP contribution in [-0.4, -0.2) is 33.5 Å². The second kappa shape index (κ2) is 6.83. The van der Waals surface area contributed by atoms with Gasteiger partial charge in [0.2, 0.25) is 11.7 Å². The lowest BCUT2D eigenvalue weighted by atomic mass is 10.2. The van der Waals surface area contributed by atoms with E-state index in [0.29, 0.717) is 27.3 Å². The van der Waals surface area contributed by atoms with Crippen LogP contribution in [0.25, 0.3) is 0 Å². The lowest BCUT2D eigenvalue weighted by molar-refractivity contribution is 0.323. The molecule has 104 valence electrons. The Morgan fingerprint density at radius 2 is 1.95 bits per heavy atom. The molecule has 1 aromatic rings. The number of methoxy groups -OCH3 is 3. The molecule has 0 aliphatic carbocycles. The van der Waals surface area contributed by atoms with Gasteiger partial charge >= 0.3 is 0 Å². The molecule has 0 bridgehead atoms. The lowest BCUT2D eigenvalue weighted by Crippen LogP contribution is -2.25. The first-order valence-electron chi connectivity index (χ1n) is 5.16. The highest BCUT2D eigenvalue weighted by atomic mass is 79.9. The highest BCUT2D eigenvalue weighted by Crippen LogP contribution is 2.44. The molecular formula is C11H15BrN4O3. The van der Waals surface area contributed by atoms with Crippen LogP contribution in [0.15, 0.2) is 15.6 Å². The van der Waals surface area contributed by atoms with E-state index in [4.69, 9.17) is 25.4 Å². The van der Waals surface area contributed by atoms with Crippen molar-refractivity contribution in [2.45, 2.75) is 0 Å². The van der Waals surface area contributed by atoms with Gasteiger partial charge in [-0.2, -0.15) is 5.10 Å². The van der Waals surface area contributed by atoms with E-state index in [0.717, 1.165) is 0 Å². The smallest absolute Gasteiger partial charge is 0.206 e. The second-order valence-corrected chi connectivity index (χ2v) is 4.13. The number of benzene rings is 1. The molecule has 0 atom stereocenters. The Labute approximate surface area is 119 Å². The quantitative estimate of drug-likeness (QED) is 0.429. The zero-order valence-electron chi connectivity index (χ0n) is 10.8. The van der Waals surface area contributed by atoms with Gasteiger partial charge in [-0.05, 0) is 22.0 Å². The average Bonchev–Trinajstić information content (AvgIpc) is 2.39. The Kier molecular flexibility index (Phi) is 5.43. The van der Waals surface area contributed by atoms with Crippen LogP contribution in [0, 0.1) is 5.41 Å². The molecule has 0 amide bonds. The van der Waals surface area contributed by atoms with E-state index in [-0.39, 0.29) is 5.96 Å². The molecule has 0 spiro atoms. The Bertz CT molecular complexity index is 505. The van der Waals surface area contributed by atoms with Gasteiger partial charge in [0.1, 0.15) is 0 Å². The number of halogens is 1. The predicted molar refractivity (Wildman–Crippen MR) is 76.4 cm³/mol. The standard InChI is InChI=1S/C11H15BrN4O3/c1-17-7-4-6(5-15-16-11(13)14)8(12)10(19-3)9(7)18-2/h4-5H,1-3H3,(H4,13,14,16)/b15-5+. The van der Waals surface area contributed by atoms with Crippen molar-refractivity contribution in [2.75, 3.05) is 21.3 Å². The van der Waals surface area contributed by atoms with Gasteiger partial charge in [0.15, 0.2) is 11.5 Å². The summed E-state index contributed by atoms with van der Waals surface area (Å²) in [6.07, 6.45) is 1.48. The van der Waals surface area contributed by atoms with Gasteiger partial charge in [-0.3, -0.25) is 5.41 Å².